The summed E-state index contributed by atoms with van der Waals surface area (Å²) in [7, 11) is 0. The highest BCUT2D eigenvalue weighted by atomic mass is 16.3. The van der Waals surface area contributed by atoms with Gasteiger partial charge in [0.1, 0.15) is 5.82 Å². The van der Waals surface area contributed by atoms with Crippen LogP contribution in [0, 0.1) is 0 Å². The molecule has 1 aromatic heterocycles. The first-order chi connectivity index (χ1) is 6.86. The van der Waals surface area contributed by atoms with E-state index in [9.17, 15) is 0 Å². The lowest BCUT2D eigenvalue weighted by Gasteiger charge is -2.03. The minimum atomic E-state index is 0.156. The van der Waals surface area contributed by atoms with Crippen molar-refractivity contribution in [1.29, 1.82) is 0 Å². The number of aliphatic hydroxyl groups excluding tert-OH is 1. The quantitative estimate of drug-likeness (QED) is 0.798. The van der Waals surface area contributed by atoms with Gasteiger partial charge in [0.05, 0.1) is 17.6 Å². The fourth-order valence-corrected chi connectivity index (χ4v) is 1.77. The summed E-state index contributed by atoms with van der Waals surface area (Å²) in [6, 6.07) is 8.06. The van der Waals surface area contributed by atoms with Gasteiger partial charge < -0.3 is 9.67 Å². The van der Waals surface area contributed by atoms with Crippen molar-refractivity contribution >= 4 is 11.0 Å². The number of nitrogens with zero attached hydrogens (tertiary/aromatic N) is 2. The molecule has 0 aliphatic heterocycles. The number of aryl methyl sites for hydroxylation is 1. The summed E-state index contributed by atoms with van der Waals surface area (Å²) in [5.41, 5.74) is 2.16. The van der Waals surface area contributed by atoms with Gasteiger partial charge >= 0.3 is 0 Å². The molecular weight excluding hydrogens is 176 g/mol. The van der Waals surface area contributed by atoms with Crippen molar-refractivity contribution in [3.05, 3.63) is 30.1 Å². The molecule has 0 radical (unpaired) electrons. The van der Waals surface area contributed by atoms with E-state index in [2.05, 4.69) is 22.5 Å². The molecule has 0 saturated heterocycles. The number of benzene rings is 1. The molecule has 3 heteroatoms. The molecule has 0 atom stereocenters. The van der Waals surface area contributed by atoms with E-state index in [4.69, 9.17) is 5.11 Å². The predicted molar refractivity (Wildman–Crippen MR) is 56.2 cm³/mol. The molecule has 0 aliphatic rings. The first-order valence-electron chi connectivity index (χ1n) is 4.91. The summed E-state index contributed by atoms with van der Waals surface area (Å²) in [6.07, 6.45) is 0.628. The molecule has 2 rings (SSSR count). The average molecular weight is 190 g/mol. The fraction of sp³-hybridized carbons (Fsp3) is 0.364. The highest BCUT2D eigenvalue weighted by Crippen LogP contribution is 2.15. The topological polar surface area (TPSA) is 38.0 Å². The number of hydrogen-bond acceptors (Lipinski definition) is 2. The summed E-state index contributed by atoms with van der Waals surface area (Å²) >= 11 is 0. The zero-order valence-corrected chi connectivity index (χ0v) is 8.27. The van der Waals surface area contributed by atoms with Crippen LogP contribution in [0.2, 0.25) is 0 Å². The predicted octanol–water partition coefficient (Wildman–Crippen LogP) is 1.59. The lowest BCUT2D eigenvalue weighted by atomic mass is 10.3. The maximum Gasteiger partial charge on any atom is 0.112 e. The molecule has 0 amide bonds. The summed E-state index contributed by atoms with van der Waals surface area (Å²) in [5, 5.41) is 8.91. The van der Waals surface area contributed by atoms with Crippen LogP contribution in [0.15, 0.2) is 24.3 Å². The Kier molecular flexibility index (Phi) is 2.50. The molecule has 1 N–H and O–H groups in total. The molecule has 0 bridgehead atoms. The molecule has 3 nitrogen and oxygen atoms in total. The lowest BCUT2D eigenvalue weighted by molar-refractivity contribution is 0.295. The van der Waals surface area contributed by atoms with Gasteiger partial charge in [-0.25, -0.2) is 4.98 Å². The maximum absolute atomic E-state index is 8.91. The van der Waals surface area contributed by atoms with E-state index in [0.717, 1.165) is 23.4 Å². The third kappa shape index (κ3) is 1.40. The maximum atomic E-state index is 8.91. The molecule has 0 saturated carbocycles. The summed E-state index contributed by atoms with van der Waals surface area (Å²) in [4.78, 5) is 4.48. The Bertz CT molecular complexity index is 434. The van der Waals surface area contributed by atoms with Crippen LogP contribution in [0.3, 0.4) is 0 Å². The average Bonchev–Trinajstić information content (AvgIpc) is 2.55. The third-order valence-corrected chi connectivity index (χ3v) is 2.39. The molecular formula is C11H14N2O. The number of hydrogen-bond donors (Lipinski definition) is 1. The fourth-order valence-electron chi connectivity index (χ4n) is 1.77. The Hall–Kier alpha value is -1.35. The standard InChI is InChI=1S/C11H14N2O/c1-2-13-10-6-4-3-5-9(10)12-11(13)7-8-14/h3-6,14H,2,7-8H2,1H3. The van der Waals surface area contributed by atoms with Crippen LogP contribution in [-0.2, 0) is 13.0 Å². The van der Waals surface area contributed by atoms with Crippen LogP contribution < -0.4 is 0 Å². The zero-order chi connectivity index (χ0) is 9.97. The summed E-state index contributed by atoms with van der Waals surface area (Å²) in [5.74, 6) is 0.969. The Labute approximate surface area is 83.0 Å². The third-order valence-electron chi connectivity index (χ3n) is 2.39. The van der Waals surface area contributed by atoms with Crippen LogP contribution in [-0.4, -0.2) is 21.3 Å². The molecule has 2 aromatic rings. The Balaban J connectivity index is 2.60. The van der Waals surface area contributed by atoms with Gasteiger partial charge in [-0.3, -0.25) is 0 Å². The van der Waals surface area contributed by atoms with Gasteiger partial charge in [-0.2, -0.15) is 0 Å². The van der Waals surface area contributed by atoms with E-state index in [0.29, 0.717) is 6.42 Å². The lowest BCUT2D eigenvalue weighted by Crippen LogP contribution is -2.03. The van der Waals surface area contributed by atoms with Crippen molar-refractivity contribution in [2.45, 2.75) is 19.9 Å². The van der Waals surface area contributed by atoms with Crippen molar-refractivity contribution in [3.63, 3.8) is 0 Å². The number of fused-ring (bicyclic) bond motifs is 1. The Morgan fingerprint density at radius 2 is 2.14 bits per heavy atom. The smallest absolute Gasteiger partial charge is 0.112 e. The van der Waals surface area contributed by atoms with Gasteiger partial charge in [-0.15, -0.1) is 0 Å². The van der Waals surface area contributed by atoms with Gasteiger partial charge in [0, 0.05) is 13.0 Å². The van der Waals surface area contributed by atoms with Crippen LogP contribution in [0.4, 0.5) is 0 Å². The monoisotopic (exact) mass is 190 g/mol. The first kappa shape index (κ1) is 9.21. The highest BCUT2D eigenvalue weighted by molar-refractivity contribution is 5.75. The molecule has 74 valence electrons. The molecule has 0 fully saturated rings. The van der Waals surface area contributed by atoms with Crippen molar-refractivity contribution in [2.75, 3.05) is 6.61 Å². The molecule has 1 heterocycles. The number of aliphatic hydroxyl groups is 1. The first-order valence-corrected chi connectivity index (χ1v) is 4.91. The second-order valence-electron chi connectivity index (χ2n) is 3.23. The van der Waals surface area contributed by atoms with Crippen molar-refractivity contribution in [2.24, 2.45) is 0 Å². The second kappa shape index (κ2) is 3.80. The van der Waals surface area contributed by atoms with Crippen molar-refractivity contribution < 1.29 is 5.11 Å². The summed E-state index contributed by atoms with van der Waals surface area (Å²) < 4.78 is 2.14. The minimum Gasteiger partial charge on any atom is -0.396 e. The second-order valence-corrected chi connectivity index (χ2v) is 3.23. The number of rotatable bonds is 3. The SMILES string of the molecule is CCn1c(CCO)nc2ccccc21. The van der Waals surface area contributed by atoms with E-state index in [1.807, 2.05) is 18.2 Å². The van der Waals surface area contributed by atoms with Crippen LogP contribution in [0.1, 0.15) is 12.7 Å². The number of para-hydroxylation sites is 2. The number of aromatic nitrogens is 2. The van der Waals surface area contributed by atoms with Gasteiger partial charge in [0.2, 0.25) is 0 Å². The highest BCUT2D eigenvalue weighted by Gasteiger charge is 2.07. The van der Waals surface area contributed by atoms with E-state index in [-0.39, 0.29) is 6.61 Å². The van der Waals surface area contributed by atoms with Crippen molar-refractivity contribution in [3.8, 4) is 0 Å². The van der Waals surface area contributed by atoms with Gasteiger partial charge in [-0.1, -0.05) is 12.1 Å². The Morgan fingerprint density at radius 1 is 1.36 bits per heavy atom. The number of imidazole rings is 1. The van der Waals surface area contributed by atoms with E-state index < -0.39 is 0 Å². The summed E-state index contributed by atoms with van der Waals surface area (Å²) in [6.45, 7) is 3.15. The molecule has 1 aromatic carbocycles. The molecule has 0 aliphatic carbocycles. The zero-order valence-electron chi connectivity index (χ0n) is 8.27. The van der Waals surface area contributed by atoms with Gasteiger partial charge in [-0.05, 0) is 19.1 Å². The van der Waals surface area contributed by atoms with E-state index in [1.54, 1.807) is 0 Å². The van der Waals surface area contributed by atoms with E-state index >= 15 is 0 Å². The molecule has 0 spiro atoms. The van der Waals surface area contributed by atoms with Crippen LogP contribution >= 0.6 is 0 Å². The normalized spacial score (nSPS) is 11.0. The van der Waals surface area contributed by atoms with E-state index in [1.165, 1.54) is 0 Å². The molecule has 0 unspecified atom stereocenters. The van der Waals surface area contributed by atoms with Crippen LogP contribution in [0.5, 0.6) is 0 Å². The van der Waals surface area contributed by atoms with Crippen molar-refractivity contribution in [1.82, 2.24) is 9.55 Å². The van der Waals surface area contributed by atoms with Gasteiger partial charge in [0.25, 0.3) is 0 Å². The largest absolute Gasteiger partial charge is 0.396 e. The minimum absolute atomic E-state index is 0.156. The Morgan fingerprint density at radius 3 is 2.86 bits per heavy atom. The molecule has 14 heavy (non-hydrogen) atoms. The van der Waals surface area contributed by atoms with Gasteiger partial charge in [0.15, 0.2) is 0 Å². The van der Waals surface area contributed by atoms with Crippen LogP contribution in [0.25, 0.3) is 11.0 Å².